The van der Waals surface area contributed by atoms with Crippen LogP contribution in [0.2, 0.25) is 0 Å². The van der Waals surface area contributed by atoms with E-state index in [9.17, 15) is 0 Å². The molecule has 6 rings (SSSR count). The summed E-state index contributed by atoms with van der Waals surface area (Å²) in [4.78, 5) is 15.2. The fourth-order valence-corrected chi connectivity index (χ4v) is 6.27. The van der Waals surface area contributed by atoms with Crippen molar-refractivity contribution in [3.05, 3.63) is 65.1 Å². The van der Waals surface area contributed by atoms with Gasteiger partial charge in [0, 0.05) is 32.0 Å². The number of hydrogen-bond acceptors (Lipinski definition) is 3. The highest BCUT2D eigenvalue weighted by Gasteiger charge is 2.25. The molecule has 12 heteroatoms. The van der Waals surface area contributed by atoms with E-state index in [1.54, 1.807) is 0 Å². The zero-order valence-electron chi connectivity index (χ0n) is 23.4. The Morgan fingerprint density at radius 2 is 0.923 bits per heavy atom. The molecule has 0 aliphatic heterocycles. The lowest BCUT2D eigenvalue weighted by Crippen LogP contribution is -2.48. The van der Waals surface area contributed by atoms with Gasteiger partial charge >= 0.3 is 0 Å². The first-order chi connectivity index (χ1) is 18.7. The van der Waals surface area contributed by atoms with E-state index in [0.717, 1.165) is 21.1 Å². The van der Waals surface area contributed by atoms with Gasteiger partial charge in [0.2, 0.25) is 5.95 Å². The second-order valence-corrected chi connectivity index (χ2v) is 11.3. The van der Waals surface area contributed by atoms with E-state index >= 15 is 0 Å². The van der Waals surface area contributed by atoms with Crippen LogP contribution in [0.15, 0.2) is 65.1 Å². The Labute approximate surface area is 243 Å². The maximum absolute atomic E-state index is 5.15. The zero-order chi connectivity index (χ0) is 27.6. The first kappa shape index (κ1) is 25.9. The van der Waals surface area contributed by atoms with Gasteiger partial charge in [-0.05, 0) is 5.39 Å². The van der Waals surface area contributed by atoms with Crippen molar-refractivity contribution in [1.82, 2.24) is 19.5 Å². The second kappa shape index (κ2) is 9.67. The third-order valence-corrected chi connectivity index (χ3v) is 9.62. The van der Waals surface area contributed by atoms with Crippen molar-refractivity contribution >= 4 is 131 Å². The third kappa shape index (κ3) is 3.95. The van der Waals surface area contributed by atoms with E-state index in [2.05, 4.69) is 99.7 Å². The van der Waals surface area contributed by atoms with Gasteiger partial charge in [0.15, 0.2) is 11.6 Å². The highest BCUT2D eigenvalue weighted by Crippen LogP contribution is 2.29. The third-order valence-electron chi connectivity index (χ3n) is 8.43. The Morgan fingerprint density at radius 3 is 1.44 bits per heavy atom. The minimum absolute atomic E-state index is 0.637. The van der Waals surface area contributed by atoms with Crippen LogP contribution in [0.5, 0.6) is 0 Å². The van der Waals surface area contributed by atoms with Crippen LogP contribution in [0, 0.1) is 0 Å². The summed E-state index contributed by atoms with van der Waals surface area (Å²) in [5, 5.41) is 2.53. The Balaban J connectivity index is 1.85. The van der Waals surface area contributed by atoms with Gasteiger partial charge in [-0.25, -0.2) is 4.98 Å². The SMILES string of the molecule is Bc1c(B)c(B)c2c(c1B)c1c(B)c(Br)c(B)c(B)c1n2-c1nc(-c2ccccc2)nc(-c2ccccc2)n1. The van der Waals surface area contributed by atoms with Gasteiger partial charge in [0.1, 0.15) is 54.9 Å². The van der Waals surface area contributed by atoms with Crippen LogP contribution in [-0.2, 0) is 0 Å². The fourth-order valence-electron chi connectivity index (χ4n) is 5.77. The maximum atomic E-state index is 5.15. The monoisotopic (exact) mass is 560 g/mol. The highest BCUT2D eigenvalue weighted by molar-refractivity contribution is 9.10. The van der Waals surface area contributed by atoms with E-state index in [4.69, 9.17) is 15.0 Å². The van der Waals surface area contributed by atoms with Gasteiger partial charge in [-0.15, -0.1) is 5.46 Å². The summed E-state index contributed by atoms with van der Waals surface area (Å²) in [5.41, 5.74) is 13.1. The van der Waals surface area contributed by atoms with Gasteiger partial charge in [-0.1, -0.05) is 109 Å². The van der Waals surface area contributed by atoms with Crippen molar-refractivity contribution in [2.24, 2.45) is 0 Å². The normalized spacial score (nSPS) is 11.4. The van der Waals surface area contributed by atoms with Crippen molar-refractivity contribution in [1.29, 1.82) is 0 Å². The van der Waals surface area contributed by atoms with Gasteiger partial charge in [0.05, 0.1) is 0 Å². The summed E-state index contributed by atoms with van der Waals surface area (Å²) < 4.78 is 3.45. The van der Waals surface area contributed by atoms with E-state index in [1.165, 1.54) is 54.5 Å². The van der Waals surface area contributed by atoms with Crippen LogP contribution in [0.3, 0.4) is 0 Å². The van der Waals surface area contributed by atoms with Crippen molar-refractivity contribution in [3.63, 3.8) is 0 Å². The van der Waals surface area contributed by atoms with Crippen LogP contribution in [0.4, 0.5) is 0 Å². The number of halogens is 1. The lowest BCUT2D eigenvalue weighted by Gasteiger charge is -2.16. The number of fused-ring (bicyclic) bond motifs is 3. The molecule has 0 spiro atoms. The molecule has 6 aromatic rings. The Morgan fingerprint density at radius 1 is 0.487 bits per heavy atom. The molecule has 2 aromatic heterocycles. The topological polar surface area (TPSA) is 43.6 Å². The van der Waals surface area contributed by atoms with Crippen molar-refractivity contribution < 1.29 is 0 Å². The molecule has 4 aromatic carbocycles. The maximum Gasteiger partial charge on any atom is 0.238 e. The standard InChI is InChI=1S/C27H24B7BrN4/c28-15-13-14-16(29)22(35)19(32)21(34)24(14)39(23(13)20(33)18(31)17(15)30)27-37-25(11-7-3-1-4-8-11)36-26(38-27)12-9-5-2-6-10-12/h1-10H,28-34H2. The number of aromatic nitrogens is 4. The quantitative estimate of drug-likeness (QED) is 0.204. The van der Waals surface area contributed by atoms with E-state index < -0.39 is 0 Å². The molecule has 0 N–H and O–H groups in total. The van der Waals surface area contributed by atoms with E-state index in [0.29, 0.717) is 17.6 Å². The number of benzene rings is 4. The molecule has 0 bridgehead atoms. The molecule has 0 saturated carbocycles. The van der Waals surface area contributed by atoms with Gasteiger partial charge in [-0.2, -0.15) is 9.97 Å². The molecule has 2 heterocycles. The average molecular weight is 560 g/mol. The van der Waals surface area contributed by atoms with Crippen molar-refractivity contribution in [3.8, 4) is 28.7 Å². The van der Waals surface area contributed by atoms with E-state index in [-0.39, 0.29) is 0 Å². The molecule has 0 saturated heterocycles. The van der Waals surface area contributed by atoms with Gasteiger partial charge in [-0.3, -0.25) is 4.57 Å². The molecule has 0 amide bonds. The molecular formula is C27H24B7BrN4. The highest BCUT2D eigenvalue weighted by atomic mass is 79.9. The lowest BCUT2D eigenvalue weighted by atomic mass is 9.65. The first-order valence-electron chi connectivity index (χ1n) is 13.3. The largest absolute Gasteiger partial charge is 0.279 e. The molecule has 4 nitrogen and oxygen atoms in total. The molecule has 180 valence electrons. The summed E-state index contributed by atoms with van der Waals surface area (Å²) in [7, 11) is 15.5. The first-order valence-corrected chi connectivity index (χ1v) is 14.1. The minimum Gasteiger partial charge on any atom is -0.279 e. The molecule has 0 radical (unpaired) electrons. The summed E-state index contributed by atoms with van der Waals surface area (Å²) >= 11 is 3.91. The Kier molecular flexibility index (Phi) is 6.42. The molecule has 0 aliphatic carbocycles. The number of hydrogen-bond donors (Lipinski definition) is 0. The summed E-state index contributed by atoms with van der Waals surface area (Å²) in [6, 6.07) is 20.3. The molecular weight excluding hydrogens is 536 g/mol. The van der Waals surface area contributed by atoms with Crippen LogP contribution in [-0.4, -0.2) is 74.4 Å². The second-order valence-electron chi connectivity index (χ2n) is 10.5. The fraction of sp³-hybridized carbons (Fsp3) is 0. The van der Waals surface area contributed by atoms with Crippen molar-refractivity contribution in [2.75, 3.05) is 0 Å². The van der Waals surface area contributed by atoms with Crippen LogP contribution in [0.1, 0.15) is 0 Å². The Hall–Kier alpha value is -3.38. The zero-order valence-corrected chi connectivity index (χ0v) is 25.0. The summed E-state index contributed by atoms with van der Waals surface area (Å²) in [6.07, 6.45) is 0. The predicted octanol–water partition coefficient (Wildman–Crippen LogP) is -5.13. The van der Waals surface area contributed by atoms with E-state index in [1.807, 2.05) is 36.4 Å². The van der Waals surface area contributed by atoms with Crippen LogP contribution >= 0.6 is 15.9 Å². The Bertz CT molecular complexity index is 1810. The lowest BCUT2D eigenvalue weighted by molar-refractivity contribution is 0.956. The summed E-state index contributed by atoms with van der Waals surface area (Å²) in [5.74, 6) is 1.96. The molecule has 0 atom stereocenters. The summed E-state index contributed by atoms with van der Waals surface area (Å²) in [6.45, 7) is 0. The molecule has 0 fully saturated rings. The van der Waals surface area contributed by atoms with Crippen LogP contribution < -0.4 is 38.2 Å². The van der Waals surface area contributed by atoms with Crippen molar-refractivity contribution in [2.45, 2.75) is 0 Å². The molecule has 0 aliphatic rings. The molecule has 0 unspecified atom stereocenters. The number of rotatable bonds is 3. The average Bonchev–Trinajstić information content (AvgIpc) is 3.34. The van der Waals surface area contributed by atoms with Crippen LogP contribution in [0.25, 0.3) is 50.5 Å². The predicted molar refractivity (Wildman–Crippen MR) is 190 cm³/mol. The molecule has 39 heavy (non-hydrogen) atoms. The van der Waals surface area contributed by atoms with Gasteiger partial charge in [0.25, 0.3) is 0 Å². The van der Waals surface area contributed by atoms with Gasteiger partial charge < -0.3 is 0 Å². The smallest absolute Gasteiger partial charge is 0.238 e. The number of nitrogens with zero attached hydrogens (tertiary/aromatic N) is 4. The minimum atomic E-state index is 0.637.